The number of carboxylic acids is 2. The van der Waals surface area contributed by atoms with Gasteiger partial charge >= 0.3 is 11.9 Å². The maximum absolute atomic E-state index is 10.7. The number of hydrogen-bond donors (Lipinski definition) is 3. The highest BCUT2D eigenvalue weighted by Gasteiger charge is 2.19. The molecule has 5 heteroatoms. The Kier molecular flexibility index (Phi) is 9.43. The Hall–Kier alpha value is -1.10. The van der Waals surface area contributed by atoms with Gasteiger partial charge in [0.2, 0.25) is 0 Å². The Bertz CT molecular complexity index is 231. The van der Waals surface area contributed by atoms with Crippen LogP contribution in [0.3, 0.4) is 0 Å². The summed E-state index contributed by atoms with van der Waals surface area (Å²) in [5, 5.41) is 20.1. The lowest BCUT2D eigenvalue weighted by Crippen LogP contribution is -2.39. The molecule has 0 aliphatic carbocycles. The van der Waals surface area contributed by atoms with E-state index in [1.807, 2.05) is 0 Å². The van der Waals surface area contributed by atoms with Gasteiger partial charge in [-0.2, -0.15) is 0 Å². The minimum atomic E-state index is -1.10. The van der Waals surface area contributed by atoms with Crippen LogP contribution in [0, 0.1) is 0 Å². The summed E-state index contributed by atoms with van der Waals surface area (Å²) in [4.78, 5) is 21.1. The van der Waals surface area contributed by atoms with Crippen LogP contribution in [-0.4, -0.2) is 34.7 Å². The summed E-state index contributed by atoms with van der Waals surface area (Å²) >= 11 is 0. The van der Waals surface area contributed by atoms with Crippen LogP contribution in [0.1, 0.15) is 51.9 Å². The van der Waals surface area contributed by atoms with E-state index in [2.05, 4.69) is 12.2 Å². The molecule has 0 saturated carbocycles. The smallest absolute Gasteiger partial charge is 0.321 e. The van der Waals surface area contributed by atoms with Crippen LogP contribution in [0.5, 0.6) is 0 Å². The molecular formula is C12H23NO4. The molecule has 0 spiro atoms. The van der Waals surface area contributed by atoms with Gasteiger partial charge in [-0.25, -0.2) is 0 Å². The summed E-state index contributed by atoms with van der Waals surface area (Å²) in [6, 6.07) is -0.969. The van der Waals surface area contributed by atoms with Gasteiger partial charge in [-0.1, -0.05) is 39.0 Å². The largest absolute Gasteiger partial charge is 0.481 e. The summed E-state index contributed by atoms with van der Waals surface area (Å²) < 4.78 is 0. The SMILES string of the molecule is CCCCCCCCNC(CC(=O)O)C(=O)O. The third kappa shape index (κ3) is 9.81. The Morgan fingerprint density at radius 2 is 1.65 bits per heavy atom. The molecule has 0 radical (unpaired) electrons. The van der Waals surface area contributed by atoms with E-state index in [9.17, 15) is 9.59 Å². The molecule has 0 aromatic carbocycles. The van der Waals surface area contributed by atoms with E-state index in [1.165, 1.54) is 19.3 Å². The third-order valence-electron chi connectivity index (χ3n) is 2.60. The number of rotatable bonds is 11. The van der Waals surface area contributed by atoms with E-state index >= 15 is 0 Å². The first kappa shape index (κ1) is 15.9. The third-order valence-corrected chi connectivity index (χ3v) is 2.60. The zero-order valence-electron chi connectivity index (χ0n) is 10.4. The molecule has 0 aromatic heterocycles. The van der Waals surface area contributed by atoms with Crippen molar-refractivity contribution in [3.8, 4) is 0 Å². The van der Waals surface area contributed by atoms with Crippen molar-refractivity contribution in [1.29, 1.82) is 0 Å². The van der Waals surface area contributed by atoms with Gasteiger partial charge in [-0.05, 0) is 13.0 Å². The predicted molar refractivity (Wildman–Crippen MR) is 65.1 cm³/mol. The number of carbonyl (C=O) groups is 2. The Labute approximate surface area is 102 Å². The summed E-state index contributed by atoms with van der Waals surface area (Å²) in [5.41, 5.74) is 0. The molecule has 0 aliphatic rings. The lowest BCUT2D eigenvalue weighted by molar-refractivity contribution is -0.145. The van der Waals surface area contributed by atoms with Crippen molar-refractivity contribution in [3.05, 3.63) is 0 Å². The summed E-state index contributed by atoms with van der Waals surface area (Å²) in [6.45, 7) is 2.72. The lowest BCUT2D eigenvalue weighted by atomic mass is 10.1. The van der Waals surface area contributed by atoms with E-state index in [0.717, 1.165) is 19.3 Å². The molecule has 0 rings (SSSR count). The van der Waals surface area contributed by atoms with Crippen molar-refractivity contribution in [2.45, 2.75) is 57.9 Å². The number of hydrogen-bond acceptors (Lipinski definition) is 3. The van der Waals surface area contributed by atoms with Crippen LogP contribution in [0.15, 0.2) is 0 Å². The molecule has 100 valence electrons. The normalized spacial score (nSPS) is 12.3. The minimum Gasteiger partial charge on any atom is -0.481 e. The van der Waals surface area contributed by atoms with Gasteiger partial charge in [0, 0.05) is 0 Å². The first-order chi connectivity index (χ1) is 8.07. The quantitative estimate of drug-likeness (QED) is 0.484. The van der Waals surface area contributed by atoms with Gasteiger partial charge in [0.25, 0.3) is 0 Å². The zero-order valence-corrected chi connectivity index (χ0v) is 10.4. The molecule has 0 aromatic rings. The van der Waals surface area contributed by atoms with Gasteiger partial charge in [-0.3, -0.25) is 9.59 Å². The molecule has 0 fully saturated rings. The maximum atomic E-state index is 10.7. The highest BCUT2D eigenvalue weighted by atomic mass is 16.4. The van der Waals surface area contributed by atoms with Crippen LogP contribution in [-0.2, 0) is 9.59 Å². The zero-order chi connectivity index (χ0) is 13.1. The second kappa shape index (κ2) is 10.1. The van der Waals surface area contributed by atoms with Gasteiger partial charge in [0.1, 0.15) is 6.04 Å². The van der Waals surface area contributed by atoms with Crippen LogP contribution < -0.4 is 5.32 Å². The molecule has 17 heavy (non-hydrogen) atoms. The van der Waals surface area contributed by atoms with Crippen molar-refractivity contribution >= 4 is 11.9 Å². The molecule has 0 bridgehead atoms. The molecule has 0 heterocycles. The van der Waals surface area contributed by atoms with E-state index < -0.39 is 18.0 Å². The van der Waals surface area contributed by atoms with Gasteiger partial charge < -0.3 is 15.5 Å². The molecule has 0 amide bonds. The van der Waals surface area contributed by atoms with Crippen LogP contribution in [0.2, 0.25) is 0 Å². The van der Waals surface area contributed by atoms with Crippen molar-refractivity contribution in [1.82, 2.24) is 5.32 Å². The molecule has 1 atom stereocenters. The average molecular weight is 245 g/mol. The highest BCUT2D eigenvalue weighted by Crippen LogP contribution is 2.04. The monoisotopic (exact) mass is 245 g/mol. The number of nitrogens with one attached hydrogen (secondary N) is 1. The second-order valence-electron chi connectivity index (χ2n) is 4.21. The van der Waals surface area contributed by atoms with Crippen molar-refractivity contribution in [2.24, 2.45) is 0 Å². The fourth-order valence-electron chi connectivity index (χ4n) is 1.60. The van der Waals surface area contributed by atoms with Gasteiger partial charge in [0.15, 0.2) is 0 Å². The molecular weight excluding hydrogens is 222 g/mol. The molecule has 0 aliphatic heterocycles. The summed E-state index contributed by atoms with van der Waals surface area (Å²) in [5.74, 6) is -2.19. The number of carboxylic acid groups (broad SMARTS) is 2. The standard InChI is InChI=1S/C12H23NO4/c1-2-3-4-5-6-7-8-13-10(12(16)17)9-11(14)15/h10,13H,2-9H2,1H3,(H,14,15)(H,16,17). The fraction of sp³-hybridized carbons (Fsp3) is 0.833. The van der Waals surface area contributed by atoms with Crippen LogP contribution in [0.4, 0.5) is 0 Å². The Balaban J connectivity index is 3.55. The van der Waals surface area contributed by atoms with Crippen molar-refractivity contribution in [2.75, 3.05) is 6.54 Å². The molecule has 5 nitrogen and oxygen atoms in total. The average Bonchev–Trinajstić information content (AvgIpc) is 2.25. The number of unbranched alkanes of at least 4 members (excludes halogenated alkanes) is 5. The first-order valence-corrected chi connectivity index (χ1v) is 6.26. The van der Waals surface area contributed by atoms with Crippen molar-refractivity contribution in [3.63, 3.8) is 0 Å². The fourth-order valence-corrected chi connectivity index (χ4v) is 1.60. The van der Waals surface area contributed by atoms with Crippen LogP contribution >= 0.6 is 0 Å². The Morgan fingerprint density at radius 1 is 1.06 bits per heavy atom. The van der Waals surface area contributed by atoms with E-state index in [4.69, 9.17) is 10.2 Å². The Morgan fingerprint density at radius 3 is 2.18 bits per heavy atom. The molecule has 3 N–H and O–H groups in total. The van der Waals surface area contributed by atoms with Gasteiger partial charge in [0.05, 0.1) is 6.42 Å². The molecule has 1 unspecified atom stereocenters. The van der Waals surface area contributed by atoms with Crippen molar-refractivity contribution < 1.29 is 19.8 Å². The molecule has 0 saturated heterocycles. The number of aliphatic carboxylic acids is 2. The highest BCUT2D eigenvalue weighted by molar-refractivity contribution is 5.80. The minimum absolute atomic E-state index is 0.370. The second-order valence-corrected chi connectivity index (χ2v) is 4.21. The maximum Gasteiger partial charge on any atom is 0.321 e. The lowest BCUT2D eigenvalue weighted by Gasteiger charge is -2.11. The van der Waals surface area contributed by atoms with Crippen LogP contribution in [0.25, 0.3) is 0 Å². The topological polar surface area (TPSA) is 86.6 Å². The van der Waals surface area contributed by atoms with Gasteiger partial charge in [-0.15, -0.1) is 0 Å². The van der Waals surface area contributed by atoms with E-state index in [0.29, 0.717) is 6.54 Å². The van der Waals surface area contributed by atoms with E-state index in [1.54, 1.807) is 0 Å². The first-order valence-electron chi connectivity index (χ1n) is 6.26. The predicted octanol–water partition coefficient (Wildman–Crippen LogP) is 1.86. The van der Waals surface area contributed by atoms with E-state index in [-0.39, 0.29) is 6.42 Å². The summed E-state index contributed by atoms with van der Waals surface area (Å²) in [6.07, 6.45) is 6.41. The summed E-state index contributed by atoms with van der Waals surface area (Å²) in [7, 11) is 0.